The standard InChI is InChI=1S/C11H9N3OS/c15-11-10-8(1-3-12-11)2-4-14(10)5-9-6-16-7-13-9/h1-4,6-7H,5H2,(H,12,15). The number of fused-ring (bicyclic) bond motifs is 1. The van der Waals surface area contributed by atoms with Crippen LogP contribution >= 0.6 is 11.3 Å². The van der Waals surface area contributed by atoms with Crippen LogP contribution in [0, 0.1) is 0 Å². The number of rotatable bonds is 2. The molecule has 3 rings (SSSR count). The molecule has 0 atom stereocenters. The quantitative estimate of drug-likeness (QED) is 0.731. The van der Waals surface area contributed by atoms with E-state index in [4.69, 9.17) is 0 Å². The fraction of sp³-hybridized carbons (Fsp3) is 0.0909. The Morgan fingerprint density at radius 2 is 2.38 bits per heavy atom. The molecule has 0 saturated carbocycles. The second-order valence-electron chi connectivity index (χ2n) is 3.53. The highest BCUT2D eigenvalue weighted by atomic mass is 32.1. The summed E-state index contributed by atoms with van der Waals surface area (Å²) < 4.78 is 1.92. The fourth-order valence-corrected chi connectivity index (χ4v) is 2.33. The lowest BCUT2D eigenvalue weighted by Crippen LogP contribution is -2.10. The second kappa shape index (κ2) is 3.61. The predicted octanol–water partition coefficient (Wildman–Crippen LogP) is 1.83. The molecular weight excluding hydrogens is 222 g/mol. The van der Waals surface area contributed by atoms with Crippen molar-refractivity contribution in [2.45, 2.75) is 6.54 Å². The van der Waals surface area contributed by atoms with Crippen LogP contribution in [0.15, 0.2) is 40.2 Å². The molecule has 3 aromatic heterocycles. The minimum atomic E-state index is -0.0577. The first kappa shape index (κ1) is 9.35. The Balaban J connectivity index is 2.14. The molecule has 0 aromatic carbocycles. The summed E-state index contributed by atoms with van der Waals surface area (Å²) in [5, 5.41) is 2.95. The van der Waals surface area contributed by atoms with E-state index in [0.717, 1.165) is 11.1 Å². The minimum absolute atomic E-state index is 0.0577. The minimum Gasteiger partial charge on any atom is -0.337 e. The number of H-pyrrole nitrogens is 1. The summed E-state index contributed by atoms with van der Waals surface area (Å²) in [4.78, 5) is 18.6. The third-order valence-corrected chi connectivity index (χ3v) is 3.14. The Kier molecular flexibility index (Phi) is 2.11. The van der Waals surface area contributed by atoms with Crippen molar-refractivity contribution < 1.29 is 0 Å². The number of aromatic nitrogens is 3. The van der Waals surface area contributed by atoms with Gasteiger partial charge in [0.15, 0.2) is 0 Å². The summed E-state index contributed by atoms with van der Waals surface area (Å²) in [7, 11) is 0. The zero-order chi connectivity index (χ0) is 11.0. The molecule has 3 aromatic rings. The van der Waals surface area contributed by atoms with Gasteiger partial charge < -0.3 is 9.55 Å². The highest BCUT2D eigenvalue weighted by molar-refractivity contribution is 7.07. The van der Waals surface area contributed by atoms with Crippen LogP contribution in [0.4, 0.5) is 0 Å². The highest BCUT2D eigenvalue weighted by Crippen LogP contribution is 2.12. The van der Waals surface area contributed by atoms with Crippen molar-refractivity contribution in [3.8, 4) is 0 Å². The van der Waals surface area contributed by atoms with Gasteiger partial charge in [0, 0.05) is 23.2 Å². The lowest BCUT2D eigenvalue weighted by Gasteiger charge is -2.01. The molecule has 0 fully saturated rings. The van der Waals surface area contributed by atoms with Crippen molar-refractivity contribution in [2.24, 2.45) is 0 Å². The maximum absolute atomic E-state index is 11.7. The van der Waals surface area contributed by atoms with Gasteiger partial charge >= 0.3 is 0 Å². The topological polar surface area (TPSA) is 50.7 Å². The average molecular weight is 231 g/mol. The van der Waals surface area contributed by atoms with Crippen LogP contribution in [-0.4, -0.2) is 14.5 Å². The molecule has 1 N–H and O–H groups in total. The van der Waals surface area contributed by atoms with Gasteiger partial charge in [-0.2, -0.15) is 0 Å². The first-order valence-corrected chi connectivity index (χ1v) is 5.82. The summed E-state index contributed by atoms with van der Waals surface area (Å²) in [6.07, 6.45) is 3.58. The zero-order valence-electron chi connectivity index (χ0n) is 8.38. The molecule has 0 aliphatic carbocycles. The van der Waals surface area contributed by atoms with Crippen molar-refractivity contribution in [3.05, 3.63) is 51.5 Å². The Bertz CT molecular complexity index is 666. The van der Waals surface area contributed by atoms with Crippen molar-refractivity contribution in [2.75, 3.05) is 0 Å². The smallest absolute Gasteiger partial charge is 0.272 e. The van der Waals surface area contributed by atoms with E-state index < -0.39 is 0 Å². The third-order valence-electron chi connectivity index (χ3n) is 2.50. The molecule has 0 saturated heterocycles. The van der Waals surface area contributed by atoms with E-state index in [0.29, 0.717) is 12.1 Å². The van der Waals surface area contributed by atoms with Gasteiger partial charge in [0.2, 0.25) is 0 Å². The number of pyridine rings is 1. The van der Waals surface area contributed by atoms with Crippen molar-refractivity contribution >= 4 is 22.2 Å². The van der Waals surface area contributed by atoms with Crippen LogP contribution in [-0.2, 0) is 6.54 Å². The van der Waals surface area contributed by atoms with E-state index in [1.807, 2.05) is 28.3 Å². The molecule has 0 unspecified atom stereocenters. The van der Waals surface area contributed by atoms with Crippen LogP contribution in [0.1, 0.15) is 5.69 Å². The van der Waals surface area contributed by atoms with E-state index in [-0.39, 0.29) is 5.56 Å². The molecule has 4 nitrogen and oxygen atoms in total. The first-order chi connectivity index (χ1) is 7.84. The second-order valence-corrected chi connectivity index (χ2v) is 4.25. The van der Waals surface area contributed by atoms with Gasteiger partial charge in [-0.3, -0.25) is 4.79 Å². The number of hydrogen-bond acceptors (Lipinski definition) is 3. The van der Waals surface area contributed by atoms with Crippen molar-refractivity contribution in [1.82, 2.24) is 14.5 Å². The van der Waals surface area contributed by atoms with Gasteiger partial charge in [0.05, 0.1) is 17.7 Å². The lowest BCUT2D eigenvalue weighted by molar-refractivity contribution is 0.810. The molecular formula is C11H9N3OS. The Morgan fingerprint density at radius 1 is 1.44 bits per heavy atom. The van der Waals surface area contributed by atoms with Gasteiger partial charge in [-0.15, -0.1) is 11.3 Å². The number of nitrogens with one attached hydrogen (secondary N) is 1. The monoisotopic (exact) mass is 231 g/mol. The maximum atomic E-state index is 11.7. The number of thiazole rings is 1. The summed E-state index contributed by atoms with van der Waals surface area (Å²) in [6.45, 7) is 0.639. The zero-order valence-corrected chi connectivity index (χ0v) is 9.20. The van der Waals surface area contributed by atoms with Crippen molar-refractivity contribution in [3.63, 3.8) is 0 Å². The average Bonchev–Trinajstić information content (AvgIpc) is 2.90. The van der Waals surface area contributed by atoms with E-state index in [9.17, 15) is 4.79 Å². The van der Waals surface area contributed by atoms with Gasteiger partial charge in [-0.05, 0) is 12.1 Å². The number of aromatic amines is 1. The Labute approximate surface area is 95.2 Å². The van der Waals surface area contributed by atoms with Gasteiger partial charge in [-0.25, -0.2) is 4.98 Å². The largest absolute Gasteiger partial charge is 0.337 e. The van der Waals surface area contributed by atoms with Crippen LogP contribution < -0.4 is 5.56 Å². The molecule has 0 amide bonds. The van der Waals surface area contributed by atoms with Crippen LogP contribution in [0.5, 0.6) is 0 Å². The molecule has 0 aliphatic heterocycles. The molecule has 0 aliphatic rings. The molecule has 0 spiro atoms. The van der Waals surface area contributed by atoms with E-state index in [1.54, 1.807) is 23.0 Å². The highest BCUT2D eigenvalue weighted by Gasteiger charge is 2.05. The third kappa shape index (κ3) is 1.45. The van der Waals surface area contributed by atoms with E-state index in [2.05, 4.69) is 9.97 Å². The molecule has 0 radical (unpaired) electrons. The predicted molar refractivity (Wildman–Crippen MR) is 63.8 cm³/mol. The number of hydrogen-bond donors (Lipinski definition) is 1. The molecule has 16 heavy (non-hydrogen) atoms. The molecule has 80 valence electrons. The van der Waals surface area contributed by atoms with Crippen LogP contribution in [0.2, 0.25) is 0 Å². The Hall–Kier alpha value is -1.88. The molecule has 0 bridgehead atoms. The SMILES string of the molecule is O=c1[nH]ccc2ccn(Cc3cscn3)c12. The normalized spacial score (nSPS) is 11.0. The summed E-state index contributed by atoms with van der Waals surface area (Å²) in [5.74, 6) is 0. The van der Waals surface area contributed by atoms with Crippen LogP contribution in [0.3, 0.4) is 0 Å². The molecule has 3 heterocycles. The lowest BCUT2D eigenvalue weighted by atomic mass is 10.3. The Morgan fingerprint density at radius 3 is 3.19 bits per heavy atom. The summed E-state index contributed by atoms with van der Waals surface area (Å²) in [6, 6.07) is 3.84. The summed E-state index contributed by atoms with van der Waals surface area (Å²) in [5.41, 5.74) is 3.42. The summed E-state index contributed by atoms with van der Waals surface area (Å²) >= 11 is 1.56. The maximum Gasteiger partial charge on any atom is 0.272 e. The van der Waals surface area contributed by atoms with Crippen LogP contribution in [0.25, 0.3) is 10.9 Å². The number of nitrogens with zero attached hydrogens (tertiary/aromatic N) is 2. The molecule has 5 heteroatoms. The van der Waals surface area contributed by atoms with E-state index >= 15 is 0 Å². The van der Waals surface area contributed by atoms with E-state index in [1.165, 1.54) is 0 Å². The fourth-order valence-electron chi connectivity index (χ4n) is 1.78. The van der Waals surface area contributed by atoms with Gasteiger partial charge in [0.1, 0.15) is 5.52 Å². The van der Waals surface area contributed by atoms with Crippen molar-refractivity contribution in [1.29, 1.82) is 0 Å². The van der Waals surface area contributed by atoms with Gasteiger partial charge in [0.25, 0.3) is 5.56 Å². The first-order valence-electron chi connectivity index (χ1n) is 4.88. The van der Waals surface area contributed by atoms with Gasteiger partial charge in [-0.1, -0.05) is 0 Å².